The van der Waals surface area contributed by atoms with Crippen LogP contribution in [0.3, 0.4) is 0 Å². The molecule has 0 aromatic heterocycles. The summed E-state index contributed by atoms with van der Waals surface area (Å²) < 4.78 is 25.0. The van der Waals surface area contributed by atoms with Gasteiger partial charge in [0.1, 0.15) is 0 Å². The highest BCUT2D eigenvalue weighted by atomic mass is 79.9. The number of nitrogens with one attached hydrogen (secondary N) is 1. The average Bonchev–Trinajstić information content (AvgIpc) is 2.30. The van der Waals surface area contributed by atoms with Crippen LogP contribution in [0.25, 0.3) is 0 Å². The summed E-state index contributed by atoms with van der Waals surface area (Å²) in [5.41, 5.74) is 0.367. The highest BCUT2D eigenvalue weighted by Crippen LogP contribution is 2.40. The van der Waals surface area contributed by atoms with Crippen molar-refractivity contribution in [3.05, 3.63) is 21.9 Å². The van der Waals surface area contributed by atoms with E-state index >= 15 is 0 Å². The van der Waals surface area contributed by atoms with Gasteiger partial charge in [-0.25, -0.2) is 4.39 Å². The van der Waals surface area contributed by atoms with Crippen molar-refractivity contribution in [1.82, 2.24) is 5.32 Å². The standard InChI is InChI=1S/C11H13BrFNO3/c1-16-11-7(15)4-6(12)9(10(11)13)8-5-14-2-3-17-8/h4,8,14-15H,2-3,5H2,1H3. The zero-order valence-electron chi connectivity index (χ0n) is 9.30. The number of rotatable bonds is 2. The predicted octanol–water partition coefficient (Wildman–Crippen LogP) is 1.96. The van der Waals surface area contributed by atoms with E-state index in [1.165, 1.54) is 13.2 Å². The van der Waals surface area contributed by atoms with Crippen LogP contribution in [0, 0.1) is 5.82 Å². The molecule has 1 heterocycles. The molecule has 0 aliphatic carbocycles. The molecule has 2 rings (SSSR count). The molecule has 17 heavy (non-hydrogen) atoms. The van der Waals surface area contributed by atoms with E-state index < -0.39 is 5.82 Å². The fourth-order valence-electron chi connectivity index (χ4n) is 1.84. The summed E-state index contributed by atoms with van der Waals surface area (Å²) in [5.74, 6) is -0.977. The molecule has 6 heteroatoms. The number of benzene rings is 1. The van der Waals surface area contributed by atoms with E-state index in [0.29, 0.717) is 23.2 Å². The molecule has 1 aromatic rings. The van der Waals surface area contributed by atoms with Gasteiger partial charge < -0.3 is 19.9 Å². The first kappa shape index (κ1) is 12.6. The zero-order chi connectivity index (χ0) is 12.4. The molecule has 1 aliphatic rings. The lowest BCUT2D eigenvalue weighted by atomic mass is 10.1. The smallest absolute Gasteiger partial charge is 0.197 e. The minimum Gasteiger partial charge on any atom is -0.504 e. The molecule has 0 bridgehead atoms. The second kappa shape index (κ2) is 5.20. The van der Waals surface area contributed by atoms with Crippen molar-refractivity contribution in [3.63, 3.8) is 0 Å². The summed E-state index contributed by atoms with van der Waals surface area (Å²) in [4.78, 5) is 0. The number of ether oxygens (including phenoxy) is 2. The molecule has 94 valence electrons. The molecule has 4 nitrogen and oxygen atoms in total. The highest BCUT2D eigenvalue weighted by molar-refractivity contribution is 9.10. The molecule has 1 aliphatic heterocycles. The van der Waals surface area contributed by atoms with Crippen LogP contribution in [0.15, 0.2) is 10.5 Å². The molecular formula is C11H13BrFNO3. The van der Waals surface area contributed by atoms with Crippen LogP contribution in [0.4, 0.5) is 4.39 Å². The van der Waals surface area contributed by atoms with Gasteiger partial charge in [0.2, 0.25) is 0 Å². The SMILES string of the molecule is COc1c(O)cc(Br)c(C2CNCCO2)c1F. The third kappa shape index (κ3) is 2.38. The second-order valence-electron chi connectivity index (χ2n) is 3.70. The van der Waals surface area contributed by atoms with Crippen molar-refractivity contribution in [2.45, 2.75) is 6.10 Å². The predicted molar refractivity (Wildman–Crippen MR) is 63.9 cm³/mol. The van der Waals surface area contributed by atoms with Gasteiger partial charge in [-0.2, -0.15) is 0 Å². The van der Waals surface area contributed by atoms with Crippen molar-refractivity contribution in [2.24, 2.45) is 0 Å². The monoisotopic (exact) mass is 305 g/mol. The van der Waals surface area contributed by atoms with Gasteiger partial charge in [0.25, 0.3) is 0 Å². The topological polar surface area (TPSA) is 50.7 Å². The van der Waals surface area contributed by atoms with Gasteiger partial charge in [0.05, 0.1) is 19.8 Å². The average molecular weight is 306 g/mol. The number of phenolic OH excluding ortho intramolecular Hbond substituents is 1. The quantitative estimate of drug-likeness (QED) is 0.877. The summed E-state index contributed by atoms with van der Waals surface area (Å²) >= 11 is 3.23. The lowest BCUT2D eigenvalue weighted by Crippen LogP contribution is -2.34. The third-order valence-corrected chi connectivity index (χ3v) is 3.30. The first-order valence-corrected chi connectivity index (χ1v) is 6.01. The maximum atomic E-state index is 14.2. The Morgan fingerprint density at radius 2 is 2.41 bits per heavy atom. The molecule has 1 fully saturated rings. The molecule has 1 unspecified atom stereocenters. The van der Waals surface area contributed by atoms with Crippen molar-refractivity contribution < 1.29 is 19.0 Å². The lowest BCUT2D eigenvalue weighted by molar-refractivity contribution is 0.0247. The van der Waals surface area contributed by atoms with Crippen molar-refractivity contribution >= 4 is 15.9 Å². The van der Waals surface area contributed by atoms with E-state index in [-0.39, 0.29) is 17.6 Å². The molecule has 0 amide bonds. The van der Waals surface area contributed by atoms with E-state index in [2.05, 4.69) is 21.2 Å². The Balaban J connectivity index is 2.44. The Hall–Kier alpha value is -0.850. The van der Waals surface area contributed by atoms with Crippen LogP contribution >= 0.6 is 15.9 Å². The first-order valence-electron chi connectivity index (χ1n) is 5.22. The van der Waals surface area contributed by atoms with Crippen LogP contribution in [0.5, 0.6) is 11.5 Å². The van der Waals surface area contributed by atoms with Gasteiger partial charge in [-0.15, -0.1) is 0 Å². The Labute approximate surface area is 107 Å². The van der Waals surface area contributed by atoms with E-state index in [1.807, 2.05) is 0 Å². The fraction of sp³-hybridized carbons (Fsp3) is 0.455. The molecule has 0 radical (unpaired) electrons. The number of aromatic hydroxyl groups is 1. The summed E-state index contributed by atoms with van der Waals surface area (Å²) in [5, 5.41) is 12.7. The third-order valence-electron chi connectivity index (χ3n) is 2.64. The van der Waals surface area contributed by atoms with E-state index in [0.717, 1.165) is 6.54 Å². The van der Waals surface area contributed by atoms with Gasteiger partial charge in [0, 0.05) is 23.1 Å². The summed E-state index contributed by atoms with van der Waals surface area (Å²) in [6, 6.07) is 1.41. The summed E-state index contributed by atoms with van der Waals surface area (Å²) in [6.45, 7) is 1.81. The summed E-state index contributed by atoms with van der Waals surface area (Å²) in [6.07, 6.45) is -0.382. The molecule has 1 atom stereocenters. The number of methoxy groups -OCH3 is 1. The van der Waals surface area contributed by atoms with Crippen molar-refractivity contribution in [1.29, 1.82) is 0 Å². The van der Waals surface area contributed by atoms with Gasteiger partial charge in [-0.05, 0) is 6.07 Å². The highest BCUT2D eigenvalue weighted by Gasteiger charge is 2.26. The Bertz CT molecular complexity index is 422. The number of morpholine rings is 1. The minimum absolute atomic E-state index is 0.155. The van der Waals surface area contributed by atoms with Gasteiger partial charge >= 0.3 is 0 Å². The van der Waals surface area contributed by atoms with Crippen LogP contribution in [-0.4, -0.2) is 31.9 Å². The molecule has 1 saturated heterocycles. The van der Waals surface area contributed by atoms with Crippen LogP contribution < -0.4 is 10.1 Å². The van der Waals surface area contributed by atoms with Crippen molar-refractivity contribution in [3.8, 4) is 11.5 Å². The largest absolute Gasteiger partial charge is 0.504 e. The van der Waals surface area contributed by atoms with Gasteiger partial charge in [-0.1, -0.05) is 15.9 Å². The molecule has 1 aromatic carbocycles. The zero-order valence-corrected chi connectivity index (χ0v) is 10.9. The minimum atomic E-state index is -0.590. The molecule has 2 N–H and O–H groups in total. The molecular weight excluding hydrogens is 293 g/mol. The number of hydrogen-bond donors (Lipinski definition) is 2. The van der Waals surface area contributed by atoms with Gasteiger partial charge in [-0.3, -0.25) is 0 Å². The Morgan fingerprint density at radius 1 is 1.65 bits per heavy atom. The van der Waals surface area contributed by atoms with Crippen molar-refractivity contribution in [2.75, 3.05) is 26.8 Å². The number of halogens is 2. The Morgan fingerprint density at radius 3 is 3.00 bits per heavy atom. The normalized spacial score (nSPS) is 20.3. The Kier molecular flexibility index (Phi) is 3.86. The molecule has 0 spiro atoms. The number of hydrogen-bond acceptors (Lipinski definition) is 4. The van der Waals surface area contributed by atoms with Crippen LogP contribution in [0.2, 0.25) is 0 Å². The van der Waals surface area contributed by atoms with Crippen LogP contribution in [-0.2, 0) is 4.74 Å². The fourth-order valence-corrected chi connectivity index (χ4v) is 2.49. The van der Waals surface area contributed by atoms with Crippen LogP contribution in [0.1, 0.15) is 11.7 Å². The molecule has 0 saturated carbocycles. The second-order valence-corrected chi connectivity index (χ2v) is 4.56. The van der Waals surface area contributed by atoms with E-state index in [1.54, 1.807) is 0 Å². The lowest BCUT2D eigenvalue weighted by Gasteiger charge is -2.25. The van der Waals surface area contributed by atoms with Gasteiger partial charge in [0.15, 0.2) is 17.3 Å². The maximum absolute atomic E-state index is 14.2. The maximum Gasteiger partial charge on any atom is 0.197 e. The first-order chi connectivity index (χ1) is 8.15. The summed E-state index contributed by atoms with van der Waals surface area (Å²) in [7, 11) is 1.32. The van der Waals surface area contributed by atoms with E-state index in [9.17, 15) is 9.50 Å². The number of phenols is 1. The van der Waals surface area contributed by atoms with E-state index in [4.69, 9.17) is 9.47 Å².